The molecule has 0 spiro atoms. The van der Waals surface area contributed by atoms with Crippen molar-refractivity contribution in [2.24, 2.45) is 0 Å². The largest absolute Gasteiger partial charge is 0.269 e. The van der Waals surface area contributed by atoms with Gasteiger partial charge in [0.2, 0.25) is 0 Å². The van der Waals surface area contributed by atoms with Crippen LogP contribution in [0.2, 0.25) is 0 Å². The number of nitrogens with zero attached hydrogens (tertiary/aromatic N) is 1. The van der Waals surface area contributed by atoms with Crippen LogP contribution in [-0.4, -0.2) is 4.92 Å². The normalized spacial score (nSPS) is 12.4. The van der Waals surface area contributed by atoms with Crippen LogP contribution in [0.25, 0.3) is 6.08 Å². The molecule has 0 atom stereocenters. The van der Waals surface area contributed by atoms with Crippen molar-refractivity contribution in [1.29, 1.82) is 0 Å². The van der Waals surface area contributed by atoms with Crippen molar-refractivity contribution in [3.8, 4) is 0 Å². The van der Waals surface area contributed by atoms with E-state index < -0.39 is 4.92 Å². The molecule has 1 rings (SSSR count). The average Bonchev–Trinajstić information content (AvgIpc) is 2.42. The molecule has 100 valence electrons. The zero-order valence-electron chi connectivity index (χ0n) is 11.4. The second-order valence-corrected chi connectivity index (χ2v) is 4.11. The van der Waals surface area contributed by atoms with Crippen LogP contribution in [0.1, 0.15) is 32.3 Å². The van der Waals surface area contributed by atoms with Crippen molar-refractivity contribution in [2.75, 3.05) is 0 Å². The first kappa shape index (κ1) is 14.9. The van der Waals surface area contributed by atoms with Crippen LogP contribution in [-0.2, 0) is 0 Å². The Bertz CT molecular complexity index is 496. The van der Waals surface area contributed by atoms with E-state index in [0.29, 0.717) is 0 Å². The fourth-order valence-electron chi connectivity index (χ4n) is 1.65. The quantitative estimate of drug-likeness (QED) is 0.413. The van der Waals surface area contributed by atoms with Crippen molar-refractivity contribution < 1.29 is 4.92 Å². The van der Waals surface area contributed by atoms with E-state index in [1.54, 1.807) is 12.1 Å². The zero-order valence-corrected chi connectivity index (χ0v) is 11.4. The molecule has 0 aromatic heterocycles. The summed E-state index contributed by atoms with van der Waals surface area (Å²) in [6.45, 7) is 4.25. The minimum absolute atomic E-state index is 0.117. The van der Waals surface area contributed by atoms with E-state index in [0.717, 1.165) is 18.4 Å². The lowest BCUT2D eigenvalue weighted by Gasteiger charge is -1.94. The lowest BCUT2D eigenvalue weighted by molar-refractivity contribution is -0.384. The molecule has 19 heavy (non-hydrogen) atoms. The molecule has 0 bridgehead atoms. The maximum Gasteiger partial charge on any atom is 0.269 e. The predicted molar refractivity (Wildman–Crippen MR) is 79.9 cm³/mol. The van der Waals surface area contributed by atoms with Crippen molar-refractivity contribution in [2.45, 2.75) is 26.7 Å². The Kier molecular flexibility index (Phi) is 6.30. The Morgan fingerprint density at radius 1 is 1.21 bits per heavy atom. The van der Waals surface area contributed by atoms with Crippen LogP contribution >= 0.6 is 0 Å². The van der Waals surface area contributed by atoms with Gasteiger partial charge in [0.05, 0.1) is 4.92 Å². The smallest absolute Gasteiger partial charge is 0.258 e. The van der Waals surface area contributed by atoms with Gasteiger partial charge in [-0.2, -0.15) is 0 Å². The molecule has 0 aliphatic heterocycles. The van der Waals surface area contributed by atoms with Crippen LogP contribution in [0.3, 0.4) is 0 Å². The summed E-state index contributed by atoms with van der Waals surface area (Å²) in [5, 5.41) is 10.5. The summed E-state index contributed by atoms with van der Waals surface area (Å²) in [4.78, 5) is 10.1. The summed E-state index contributed by atoms with van der Waals surface area (Å²) in [5.74, 6) is 0. The van der Waals surface area contributed by atoms with Crippen LogP contribution in [0.15, 0.2) is 54.1 Å². The lowest BCUT2D eigenvalue weighted by Crippen LogP contribution is -1.86. The van der Waals surface area contributed by atoms with Crippen molar-refractivity contribution in [3.05, 3.63) is 69.8 Å². The molecule has 1 aromatic carbocycles. The van der Waals surface area contributed by atoms with Crippen molar-refractivity contribution in [1.82, 2.24) is 0 Å². The van der Waals surface area contributed by atoms with E-state index >= 15 is 0 Å². The number of nitro groups is 1. The molecule has 3 nitrogen and oxygen atoms in total. The van der Waals surface area contributed by atoms with E-state index in [1.807, 2.05) is 18.2 Å². The van der Waals surface area contributed by atoms with Gasteiger partial charge in [-0.3, -0.25) is 10.1 Å². The third kappa shape index (κ3) is 5.34. The van der Waals surface area contributed by atoms with Gasteiger partial charge in [-0.25, -0.2) is 0 Å². The highest BCUT2D eigenvalue weighted by molar-refractivity contribution is 5.53. The topological polar surface area (TPSA) is 43.1 Å². The monoisotopic (exact) mass is 257 g/mol. The van der Waals surface area contributed by atoms with Crippen LogP contribution in [0.4, 0.5) is 5.69 Å². The summed E-state index contributed by atoms with van der Waals surface area (Å²) < 4.78 is 0. The molecule has 0 aliphatic carbocycles. The molecule has 3 heteroatoms. The van der Waals surface area contributed by atoms with Crippen molar-refractivity contribution in [3.63, 3.8) is 0 Å². The molecular weight excluding hydrogens is 238 g/mol. The third-order valence-corrected chi connectivity index (χ3v) is 2.69. The summed E-state index contributed by atoms with van der Waals surface area (Å²) in [5.41, 5.74) is 2.38. The number of allylic oxidation sites excluding steroid dienone is 5. The molecule has 0 heterocycles. The van der Waals surface area contributed by atoms with Gasteiger partial charge in [-0.05, 0) is 30.5 Å². The first-order valence-corrected chi connectivity index (χ1v) is 6.45. The minimum Gasteiger partial charge on any atom is -0.258 e. The number of non-ortho nitro benzene ring substituents is 1. The van der Waals surface area contributed by atoms with Gasteiger partial charge < -0.3 is 0 Å². The maximum atomic E-state index is 10.5. The number of nitro benzene ring substituents is 1. The molecule has 0 radical (unpaired) electrons. The van der Waals surface area contributed by atoms with Gasteiger partial charge in [0.25, 0.3) is 5.69 Å². The van der Waals surface area contributed by atoms with Gasteiger partial charge in [0.15, 0.2) is 0 Å². The molecule has 0 saturated heterocycles. The molecule has 0 saturated carbocycles. The Labute approximate surface area is 114 Å². The molecule has 0 aliphatic rings. The molecule has 0 N–H and O–H groups in total. The highest BCUT2D eigenvalue weighted by atomic mass is 16.6. The summed E-state index contributed by atoms with van der Waals surface area (Å²) in [6.07, 6.45) is 12.2. The van der Waals surface area contributed by atoms with E-state index in [2.05, 4.69) is 26.0 Å². The molecule has 0 amide bonds. The highest BCUT2D eigenvalue weighted by Gasteiger charge is 2.01. The number of benzene rings is 1. The zero-order chi connectivity index (χ0) is 14.1. The minimum atomic E-state index is -0.392. The second-order valence-electron chi connectivity index (χ2n) is 4.11. The highest BCUT2D eigenvalue weighted by Crippen LogP contribution is 2.13. The number of hydrogen-bond acceptors (Lipinski definition) is 2. The van der Waals surface area contributed by atoms with Gasteiger partial charge in [0.1, 0.15) is 0 Å². The van der Waals surface area contributed by atoms with Gasteiger partial charge in [-0.1, -0.05) is 49.8 Å². The molecule has 0 fully saturated rings. The summed E-state index contributed by atoms with van der Waals surface area (Å²) >= 11 is 0. The van der Waals surface area contributed by atoms with Crippen LogP contribution in [0, 0.1) is 10.1 Å². The van der Waals surface area contributed by atoms with E-state index in [9.17, 15) is 10.1 Å². The Morgan fingerprint density at radius 3 is 2.42 bits per heavy atom. The van der Waals surface area contributed by atoms with Crippen LogP contribution in [0.5, 0.6) is 0 Å². The average molecular weight is 257 g/mol. The Hall–Kier alpha value is -2.16. The first-order chi connectivity index (χ1) is 9.17. The van der Waals surface area contributed by atoms with Gasteiger partial charge in [-0.15, -0.1) is 0 Å². The first-order valence-electron chi connectivity index (χ1n) is 6.45. The maximum absolute atomic E-state index is 10.5. The second kappa shape index (κ2) is 8.03. The van der Waals surface area contributed by atoms with E-state index in [-0.39, 0.29) is 5.69 Å². The third-order valence-electron chi connectivity index (χ3n) is 2.69. The van der Waals surface area contributed by atoms with Gasteiger partial charge >= 0.3 is 0 Å². The SMILES string of the molecule is CC/C=C(/C=C/C=C/c1ccc([N+](=O)[O-])cc1)CC. The standard InChI is InChI=1S/C16H19NO2/c1-3-7-14(4-2)8-5-6-9-15-10-12-16(13-11-15)17(18)19/h5-13H,3-4H2,1-2H3/b8-5+,9-6+,14-7+. The van der Waals surface area contributed by atoms with E-state index in [1.165, 1.54) is 17.7 Å². The predicted octanol–water partition coefficient (Wildman–Crippen LogP) is 4.91. The summed E-state index contributed by atoms with van der Waals surface area (Å²) in [7, 11) is 0. The lowest BCUT2D eigenvalue weighted by atomic mass is 10.1. The van der Waals surface area contributed by atoms with Crippen molar-refractivity contribution >= 4 is 11.8 Å². The fourth-order valence-corrected chi connectivity index (χ4v) is 1.65. The molecular formula is C16H19NO2. The summed E-state index contributed by atoms with van der Waals surface area (Å²) in [6, 6.07) is 6.51. The Morgan fingerprint density at radius 2 is 1.89 bits per heavy atom. The number of rotatable bonds is 6. The Balaban J connectivity index is 2.64. The van der Waals surface area contributed by atoms with Gasteiger partial charge in [0, 0.05) is 12.1 Å². The number of hydrogen-bond donors (Lipinski definition) is 0. The van der Waals surface area contributed by atoms with E-state index in [4.69, 9.17) is 0 Å². The van der Waals surface area contributed by atoms with Crippen LogP contribution < -0.4 is 0 Å². The molecule has 0 unspecified atom stereocenters. The fraction of sp³-hybridized carbons (Fsp3) is 0.250. The molecule has 1 aromatic rings.